The van der Waals surface area contributed by atoms with Gasteiger partial charge in [0.2, 0.25) is 0 Å². The fourth-order valence-electron chi connectivity index (χ4n) is 0.694. The molecule has 1 rings (SSSR count). The summed E-state index contributed by atoms with van der Waals surface area (Å²) in [5, 5.41) is 20.6. The van der Waals surface area contributed by atoms with Crippen LogP contribution < -0.4 is 0 Å². The molecule has 0 bridgehead atoms. The van der Waals surface area contributed by atoms with Crippen molar-refractivity contribution in [2.75, 3.05) is 6.61 Å². The highest BCUT2D eigenvalue weighted by Crippen LogP contribution is 2.13. The van der Waals surface area contributed by atoms with Gasteiger partial charge in [0.05, 0.1) is 4.92 Å². The molecular formula is C7H7NO3S. The summed E-state index contributed by atoms with van der Waals surface area (Å²) in [7, 11) is 0. The van der Waals surface area contributed by atoms with Gasteiger partial charge in [-0.2, -0.15) is 0 Å². The number of nitrogens with zero attached hydrogens (tertiary/aromatic N) is 1. The van der Waals surface area contributed by atoms with Crippen LogP contribution in [-0.4, -0.2) is 16.6 Å². The summed E-state index contributed by atoms with van der Waals surface area (Å²) in [5.74, 6) is 0. The van der Waals surface area contributed by atoms with E-state index in [1.807, 2.05) is 5.38 Å². The van der Waals surface area contributed by atoms with Gasteiger partial charge in [0.1, 0.15) is 6.61 Å². The fourth-order valence-corrected chi connectivity index (χ4v) is 1.37. The fraction of sp³-hybridized carbons (Fsp3) is 0.143. The topological polar surface area (TPSA) is 63.4 Å². The molecule has 0 aromatic carbocycles. The Morgan fingerprint density at radius 3 is 3.00 bits per heavy atom. The second kappa shape index (κ2) is 3.99. The lowest BCUT2D eigenvalue weighted by molar-refractivity contribution is -0.428. The van der Waals surface area contributed by atoms with Crippen molar-refractivity contribution in [3.8, 4) is 0 Å². The quantitative estimate of drug-likeness (QED) is 0.571. The Kier molecular flexibility index (Phi) is 2.95. The van der Waals surface area contributed by atoms with E-state index in [2.05, 4.69) is 0 Å². The van der Waals surface area contributed by atoms with Gasteiger partial charge in [0.25, 0.3) is 5.70 Å². The number of thiophene rings is 1. The van der Waals surface area contributed by atoms with Gasteiger partial charge in [-0.1, -0.05) is 6.07 Å². The van der Waals surface area contributed by atoms with Gasteiger partial charge in [-0.05, 0) is 11.4 Å². The molecular weight excluding hydrogens is 178 g/mol. The van der Waals surface area contributed by atoms with Gasteiger partial charge >= 0.3 is 0 Å². The van der Waals surface area contributed by atoms with Gasteiger partial charge in [-0.15, -0.1) is 11.3 Å². The molecule has 12 heavy (non-hydrogen) atoms. The van der Waals surface area contributed by atoms with Crippen LogP contribution in [0.25, 0.3) is 6.08 Å². The lowest BCUT2D eigenvalue weighted by atomic mass is 10.3. The molecule has 1 aromatic heterocycles. The lowest BCUT2D eigenvalue weighted by Gasteiger charge is -1.90. The molecule has 1 heterocycles. The molecule has 0 aliphatic carbocycles. The molecule has 0 amide bonds. The maximum atomic E-state index is 10.2. The number of hydrogen-bond donors (Lipinski definition) is 1. The molecule has 1 aromatic rings. The summed E-state index contributed by atoms with van der Waals surface area (Å²) in [5.41, 5.74) is -0.183. The lowest BCUT2D eigenvalue weighted by Crippen LogP contribution is -2.02. The molecule has 0 atom stereocenters. The standard InChI is InChI=1S/C7H7NO3S/c9-5-6(8(10)11)4-7-2-1-3-12-7/h1-4,9H,5H2. The van der Waals surface area contributed by atoms with Gasteiger partial charge in [-0.3, -0.25) is 10.1 Å². The highest BCUT2D eigenvalue weighted by molar-refractivity contribution is 7.10. The zero-order valence-electron chi connectivity index (χ0n) is 6.14. The molecule has 4 nitrogen and oxygen atoms in total. The van der Waals surface area contributed by atoms with E-state index in [4.69, 9.17) is 5.11 Å². The molecule has 5 heteroatoms. The molecule has 0 saturated carbocycles. The van der Waals surface area contributed by atoms with Crippen LogP contribution in [0.2, 0.25) is 0 Å². The zero-order valence-corrected chi connectivity index (χ0v) is 6.95. The average molecular weight is 185 g/mol. The van der Waals surface area contributed by atoms with Crippen molar-refractivity contribution < 1.29 is 10.0 Å². The normalized spacial score (nSPS) is 11.6. The Balaban J connectivity index is 2.85. The van der Waals surface area contributed by atoms with E-state index in [9.17, 15) is 10.1 Å². The molecule has 1 N–H and O–H groups in total. The van der Waals surface area contributed by atoms with Crippen LogP contribution in [0.1, 0.15) is 4.88 Å². The van der Waals surface area contributed by atoms with E-state index in [1.165, 1.54) is 17.4 Å². The summed E-state index contributed by atoms with van der Waals surface area (Å²) >= 11 is 1.39. The van der Waals surface area contributed by atoms with Crippen molar-refractivity contribution in [2.24, 2.45) is 0 Å². The number of hydrogen-bond acceptors (Lipinski definition) is 4. The van der Waals surface area contributed by atoms with Gasteiger partial charge in [0.15, 0.2) is 0 Å². The number of nitro groups is 1. The van der Waals surface area contributed by atoms with E-state index in [1.54, 1.807) is 12.1 Å². The third kappa shape index (κ3) is 2.14. The van der Waals surface area contributed by atoms with E-state index < -0.39 is 11.5 Å². The maximum absolute atomic E-state index is 10.2. The highest BCUT2D eigenvalue weighted by Gasteiger charge is 2.07. The van der Waals surface area contributed by atoms with Gasteiger partial charge in [-0.25, -0.2) is 0 Å². The molecule has 0 saturated heterocycles. The first kappa shape index (κ1) is 8.89. The van der Waals surface area contributed by atoms with E-state index in [-0.39, 0.29) is 5.70 Å². The van der Waals surface area contributed by atoms with Crippen LogP contribution in [-0.2, 0) is 0 Å². The van der Waals surface area contributed by atoms with E-state index >= 15 is 0 Å². The minimum Gasteiger partial charge on any atom is -0.385 e. The molecule has 0 unspecified atom stereocenters. The zero-order chi connectivity index (χ0) is 8.97. The van der Waals surface area contributed by atoms with Crippen molar-refractivity contribution in [3.63, 3.8) is 0 Å². The summed E-state index contributed by atoms with van der Waals surface area (Å²) < 4.78 is 0. The second-order valence-corrected chi connectivity index (χ2v) is 3.05. The number of aliphatic hydroxyl groups excluding tert-OH is 1. The Morgan fingerprint density at radius 2 is 2.58 bits per heavy atom. The molecule has 0 aliphatic rings. The van der Waals surface area contributed by atoms with Crippen LogP contribution >= 0.6 is 11.3 Å². The van der Waals surface area contributed by atoms with E-state index in [0.717, 1.165) is 4.88 Å². The Labute approximate surface area is 72.9 Å². The number of rotatable bonds is 3. The second-order valence-electron chi connectivity index (χ2n) is 2.07. The third-order valence-corrected chi connectivity index (χ3v) is 2.07. The number of aliphatic hydroxyl groups is 1. The average Bonchev–Trinajstić information content (AvgIpc) is 2.51. The van der Waals surface area contributed by atoms with Crippen molar-refractivity contribution in [2.45, 2.75) is 0 Å². The first-order valence-corrected chi connectivity index (χ1v) is 4.11. The van der Waals surface area contributed by atoms with Crippen molar-refractivity contribution in [1.29, 1.82) is 0 Å². The largest absolute Gasteiger partial charge is 0.385 e. The van der Waals surface area contributed by atoms with Crippen molar-refractivity contribution in [1.82, 2.24) is 0 Å². The van der Waals surface area contributed by atoms with Crippen LogP contribution in [0.15, 0.2) is 23.2 Å². The van der Waals surface area contributed by atoms with Crippen molar-refractivity contribution in [3.05, 3.63) is 38.2 Å². The van der Waals surface area contributed by atoms with Gasteiger partial charge < -0.3 is 5.11 Å². The Hall–Kier alpha value is -1.20. The molecule has 64 valence electrons. The van der Waals surface area contributed by atoms with Crippen LogP contribution in [0, 0.1) is 10.1 Å². The SMILES string of the molecule is O=[N+]([O-])C(=Cc1cccs1)CO. The molecule has 0 radical (unpaired) electrons. The van der Waals surface area contributed by atoms with Gasteiger partial charge in [0, 0.05) is 11.0 Å². The summed E-state index contributed by atoms with van der Waals surface area (Å²) in [6.07, 6.45) is 1.37. The predicted molar refractivity (Wildman–Crippen MR) is 46.4 cm³/mol. The highest BCUT2D eigenvalue weighted by atomic mass is 32.1. The molecule has 0 spiro atoms. The van der Waals surface area contributed by atoms with E-state index in [0.29, 0.717) is 0 Å². The predicted octanol–water partition coefficient (Wildman–Crippen LogP) is 1.36. The first-order valence-electron chi connectivity index (χ1n) is 3.23. The third-order valence-electron chi connectivity index (χ3n) is 1.25. The first-order chi connectivity index (χ1) is 5.74. The van der Waals surface area contributed by atoms with Crippen LogP contribution in [0.3, 0.4) is 0 Å². The minimum absolute atomic E-state index is 0.183. The summed E-state index contributed by atoms with van der Waals surface area (Å²) in [6, 6.07) is 3.55. The minimum atomic E-state index is -0.584. The van der Waals surface area contributed by atoms with Crippen LogP contribution in [0.4, 0.5) is 0 Å². The maximum Gasteiger partial charge on any atom is 0.272 e. The molecule has 0 fully saturated rings. The van der Waals surface area contributed by atoms with Crippen LogP contribution in [0.5, 0.6) is 0 Å². The smallest absolute Gasteiger partial charge is 0.272 e. The monoisotopic (exact) mass is 185 g/mol. The summed E-state index contributed by atoms with van der Waals surface area (Å²) in [4.78, 5) is 10.4. The Bertz CT molecular complexity index is 292. The summed E-state index contributed by atoms with van der Waals surface area (Å²) in [6.45, 7) is -0.537. The Morgan fingerprint density at radius 1 is 1.83 bits per heavy atom. The van der Waals surface area contributed by atoms with Crippen molar-refractivity contribution >= 4 is 17.4 Å². The molecule has 0 aliphatic heterocycles.